The van der Waals surface area contributed by atoms with E-state index in [-0.39, 0.29) is 35.5 Å². The van der Waals surface area contributed by atoms with Crippen molar-refractivity contribution in [1.29, 1.82) is 0 Å². The summed E-state index contributed by atoms with van der Waals surface area (Å²) >= 11 is 0. The first kappa shape index (κ1) is 21.6. The molecule has 9 heteroatoms. The molecule has 0 bridgehead atoms. The monoisotopic (exact) mass is 452 g/mol. The fourth-order valence-corrected chi connectivity index (χ4v) is 4.19. The number of hydrogen-bond donors (Lipinski definition) is 3. The van der Waals surface area contributed by atoms with E-state index in [9.17, 15) is 14.7 Å². The van der Waals surface area contributed by atoms with E-state index in [1.54, 1.807) is 33.5 Å². The molecular formula is C23H21ClN4O4. The van der Waals surface area contributed by atoms with Gasteiger partial charge in [-0.25, -0.2) is 14.6 Å². The number of rotatable bonds is 4. The van der Waals surface area contributed by atoms with Gasteiger partial charge >= 0.3 is 11.7 Å². The third-order valence-corrected chi connectivity index (χ3v) is 5.71. The molecule has 1 saturated heterocycles. The van der Waals surface area contributed by atoms with Crippen molar-refractivity contribution in [3.8, 4) is 22.6 Å². The van der Waals surface area contributed by atoms with Gasteiger partial charge in [0.05, 0.1) is 22.8 Å². The Kier molecular flexibility index (Phi) is 5.73. The number of carboxylic acid groups (broad SMARTS) is 1. The molecular weight excluding hydrogens is 432 g/mol. The number of nitrogens with zero attached hydrogens (tertiary/aromatic N) is 3. The van der Waals surface area contributed by atoms with Crippen LogP contribution in [0, 0.1) is 0 Å². The molecule has 1 fully saturated rings. The molecule has 1 aliphatic heterocycles. The maximum Gasteiger partial charge on any atom is 0.335 e. The summed E-state index contributed by atoms with van der Waals surface area (Å²) in [5.74, 6) is -1.21. The predicted molar refractivity (Wildman–Crippen MR) is 123 cm³/mol. The largest absolute Gasteiger partial charge is 0.507 e. The van der Waals surface area contributed by atoms with Crippen molar-refractivity contribution in [2.45, 2.75) is 12.5 Å². The number of fused-ring (bicyclic) bond motifs is 1. The van der Waals surface area contributed by atoms with Gasteiger partial charge < -0.3 is 15.5 Å². The molecule has 2 aromatic heterocycles. The van der Waals surface area contributed by atoms with Gasteiger partial charge in [0.15, 0.2) is 5.65 Å². The highest BCUT2D eigenvalue weighted by atomic mass is 35.5. The van der Waals surface area contributed by atoms with Gasteiger partial charge in [0.25, 0.3) is 0 Å². The van der Waals surface area contributed by atoms with Gasteiger partial charge in [-0.2, -0.15) is 0 Å². The first-order valence-electron chi connectivity index (χ1n) is 10.0. The summed E-state index contributed by atoms with van der Waals surface area (Å²) in [5, 5.41) is 22.6. The lowest BCUT2D eigenvalue weighted by Gasteiger charge is -2.10. The third kappa shape index (κ3) is 3.53. The van der Waals surface area contributed by atoms with Crippen molar-refractivity contribution >= 4 is 29.5 Å². The maximum atomic E-state index is 13.3. The van der Waals surface area contributed by atoms with Crippen molar-refractivity contribution in [3.63, 3.8) is 0 Å². The Morgan fingerprint density at radius 3 is 2.56 bits per heavy atom. The van der Waals surface area contributed by atoms with Crippen molar-refractivity contribution in [2.24, 2.45) is 0 Å². The van der Waals surface area contributed by atoms with E-state index in [0.29, 0.717) is 22.5 Å². The van der Waals surface area contributed by atoms with Crippen LogP contribution in [0.3, 0.4) is 0 Å². The van der Waals surface area contributed by atoms with Gasteiger partial charge in [-0.1, -0.05) is 12.1 Å². The predicted octanol–water partition coefficient (Wildman–Crippen LogP) is 3.21. The number of imidazole rings is 1. The minimum atomic E-state index is -1.10. The Bertz CT molecular complexity index is 1350. The molecule has 164 valence electrons. The number of aromatic carboxylic acids is 1. The van der Waals surface area contributed by atoms with E-state index in [1.807, 2.05) is 24.3 Å². The lowest BCUT2D eigenvalue weighted by molar-refractivity contribution is 0.0696. The standard InChI is InChI=1S/C23H20N4O4.ClH/c28-20-12-15(22(29)30)5-8-18(20)14-3-6-16(7-4-14)26-19-2-1-10-25-21(19)27(23(26)31)17-9-11-24-13-17;/h1-8,10,12,17,24,28H,9,11,13H2,(H,29,30);1H/t17-;/m0./s1. The van der Waals surface area contributed by atoms with Crippen LogP contribution >= 0.6 is 12.4 Å². The smallest absolute Gasteiger partial charge is 0.335 e. The molecule has 2 aromatic carbocycles. The van der Waals surface area contributed by atoms with Crippen LogP contribution in [0.15, 0.2) is 65.6 Å². The number of benzene rings is 2. The molecule has 3 N–H and O–H groups in total. The number of hydrogen-bond acceptors (Lipinski definition) is 5. The summed E-state index contributed by atoms with van der Waals surface area (Å²) in [6, 6.07) is 15.2. The zero-order valence-corrected chi connectivity index (χ0v) is 17.7. The summed E-state index contributed by atoms with van der Waals surface area (Å²) in [7, 11) is 0. The molecule has 0 radical (unpaired) electrons. The molecule has 0 amide bonds. The number of phenolic OH excluding ortho intramolecular Hbond substituents is 1. The number of pyridine rings is 1. The summed E-state index contributed by atoms with van der Waals surface area (Å²) in [4.78, 5) is 28.9. The number of aromatic nitrogens is 3. The van der Waals surface area contributed by atoms with Crippen LogP contribution in [0.4, 0.5) is 0 Å². The van der Waals surface area contributed by atoms with Crippen LogP contribution in [-0.2, 0) is 0 Å². The van der Waals surface area contributed by atoms with Crippen LogP contribution in [0.25, 0.3) is 28.0 Å². The SMILES string of the molecule is Cl.O=C(O)c1ccc(-c2ccc(-n3c(=O)n([C@H]4CCNC4)c4ncccc43)cc2)c(O)c1. The van der Waals surface area contributed by atoms with Crippen LogP contribution in [0.5, 0.6) is 5.75 Å². The van der Waals surface area contributed by atoms with Crippen molar-refractivity contribution in [2.75, 3.05) is 13.1 Å². The average Bonchev–Trinajstić information content (AvgIpc) is 3.39. The van der Waals surface area contributed by atoms with Gasteiger partial charge in [0.2, 0.25) is 0 Å². The van der Waals surface area contributed by atoms with Gasteiger partial charge in [-0.15, -0.1) is 12.4 Å². The fraction of sp³-hybridized carbons (Fsp3) is 0.174. The van der Waals surface area contributed by atoms with Crippen LogP contribution < -0.4 is 11.0 Å². The van der Waals surface area contributed by atoms with Gasteiger partial charge in [-0.05, 0) is 61.0 Å². The minimum Gasteiger partial charge on any atom is -0.507 e. The lowest BCUT2D eigenvalue weighted by atomic mass is 10.0. The normalized spacial score (nSPS) is 15.6. The molecule has 1 aliphatic rings. The number of carboxylic acids is 1. The number of carbonyl (C=O) groups is 1. The van der Waals surface area contributed by atoms with E-state index >= 15 is 0 Å². The number of aromatic hydroxyl groups is 1. The molecule has 3 heterocycles. The van der Waals surface area contributed by atoms with Crippen molar-refractivity contribution in [3.05, 3.63) is 76.8 Å². The molecule has 0 unspecified atom stereocenters. The number of halogens is 1. The molecule has 1 atom stereocenters. The molecule has 5 rings (SSSR count). The molecule has 32 heavy (non-hydrogen) atoms. The van der Waals surface area contributed by atoms with Crippen LogP contribution in [0.2, 0.25) is 0 Å². The maximum absolute atomic E-state index is 13.3. The summed E-state index contributed by atoms with van der Waals surface area (Å²) in [6.45, 7) is 1.61. The van der Waals surface area contributed by atoms with Crippen LogP contribution in [-0.4, -0.2) is 43.4 Å². The Morgan fingerprint density at radius 1 is 1.12 bits per heavy atom. The second-order valence-electron chi connectivity index (χ2n) is 7.56. The Balaban J connectivity index is 0.00000245. The Hall–Kier alpha value is -3.62. The first-order valence-corrected chi connectivity index (χ1v) is 10.0. The molecule has 0 saturated carbocycles. The fourth-order valence-electron chi connectivity index (χ4n) is 4.19. The van der Waals surface area contributed by atoms with E-state index in [1.165, 1.54) is 12.1 Å². The molecule has 8 nitrogen and oxygen atoms in total. The Morgan fingerprint density at radius 2 is 1.91 bits per heavy atom. The zero-order chi connectivity index (χ0) is 21.5. The van der Waals surface area contributed by atoms with E-state index in [0.717, 1.165) is 25.0 Å². The zero-order valence-electron chi connectivity index (χ0n) is 16.9. The highest BCUT2D eigenvalue weighted by Crippen LogP contribution is 2.31. The molecule has 0 spiro atoms. The summed E-state index contributed by atoms with van der Waals surface area (Å²) in [5.41, 5.74) is 3.21. The van der Waals surface area contributed by atoms with E-state index in [4.69, 9.17) is 5.11 Å². The van der Waals surface area contributed by atoms with E-state index < -0.39 is 5.97 Å². The second-order valence-corrected chi connectivity index (χ2v) is 7.56. The topological polar surface area (TPSA) is 109 Å². The van der Waals surface area contributed by atoms with Crippen LogP contribution in [0.1, 0.15) is 22.8 Å². The summed E-state index contributed by atoms with van der Waals surface area (Å²) < 4.78 is 3.41. The average molecular weight is 453 g/mol. The van der Waals surface area contributed by atoms with Gasteiger partial charge in [0, 0.05) is 18.3 Å². The van der Waals surface area contributed by atoms with Crippen molar-refractivity contribution < 1.29 is 15.0 Å². The molecule has 0 aliphatic carbocycles. The number of nitrogens with one attached hydrogen (secondary N) is 1. The molecule has 4 aromatic rings. The highest BCUT2D eigenvalue weighted by Gasteiger charge is 2.24. The third-order valence-electron chi connectivity index (χ3n) is 5.71. The summed E-state index contributed by atoms with van der Waals surface area (Å²) in [6.07, 6.45) is 2.57. The number of phenols is 1. The lowest BCUT2D eigenvalue weighted by Crippen LogP contribution is -2.28. The quantitative estimate of drug-likeness (QED) is 0.438. The first-order chi connectivity index (χ1) is 15.0. The second kappa shape index (κ2) is 8.49. The van der Waals surface area contributed by atoms with Crippen molar-refractivity contribution in [1.82, 2.24) is 19.4 Å². The van der Waals surface area contributed by atoms with E-state index in [2.05, 4.69) is 10.3 Å². The Labute approximate surface area is 189 Å². The van der Waals surface area contributed by atoms with Gasteiger partial charge in [0.1, 0.15) is 5.75 Å². The van der Waals surface area contributed by atoms with Gasteiger partial charge in [-0.3, -0.25) is 9.13 Å². The minimum absolute atomic E-state index is 0. The highest BCUT2D eigenvalue weighted by molar-refractivity contribution is 5.89.